The number of carboxylic acid groups (broad SMARTS) is 4. The zero-order valence-corrected chi connectivity index (χ0v) is 28.9. The molecule has 0 radical (unpaired) electrons. The van der Waals surface area contributed by atoms with Crippen LogP contribution in [0.2, 0.25) is 0 Å². The fraction of sp³-hybridized carbons (Fsp3) is 0.545. The van der Waals surface area contributed by atoms with Crippen molar-refractivity contribution in [2.24, 2.45) is 0 Å². The number of aliphatic hydroxyl groups is 6. The molecule has 23 heteroatoms. The molecule has 13 unspecified atom stereocenters. The minimum Gasteiger partial charge on any atom is -0.544 e. The SMILES string of the molecule is O=C(O)CC(=O)OCC1OC(Oc2cc3c(cc2O)[NH+](CC=C2C=C(C(=O)O)NC(C(=O)O)C2)C(C(=O)[O-])C3)C(OC2OC(CO)C(O)C(O)C2O)C(O)C1O. The number of hydrogen-bond acceptors (Lipinski definition) is 19. The lowest BCUT2D eigenvalue weighted by Gasteiger charge is -2.45. The number of aliphatic carboxylic acids is 4. The summed E-state index contributed by atoms with van der Waals surface area (Å²) in [7, 11) is 0. The van der Waals surface area contributed by atoms with Gasteiger partial charge in [0.2, 0.25) is 6.29 Å². The number of carbonyl (C=O) groups excluding carboxylic acids is 2. The van der Waals surface area contributed by atoms with Gasteiger partial charge in [-0.1, -0.05) is 0 Å². The molecule has 2 fully saturated rings. The van der Waals surface area contributed by atoms with Gasteiger partial charge < -0.3 is 90.0 Å². The standard InChI is InChI=1S/C33H40N2O21/c36-9-19-23(41)25(43)27(45)32(54-19)56-28-26(44)24(42)20(10-52-22(40)8-21(38)39)55-33(28)53-18-6-12-5-16(31(50)51)35(15(12)7-17(18)37)2-1-11-3-13(29(46)47)34-14(4-11)30(48)49/h1,3,6-7,14,16,19-20,23-28,32-34,36-37,41-45H,2,4-5,8-10H2,(H,38,39)(H,46,47)(H,48,49)(H,50,51). The van der Waals surface area contributed by atoms with E-state index in [9.17, 15) is 75.0 Å². The molecule has 0 amide bonds. The summed E-state index contributed by atoms with van der Waals surface area (Å²) in [6.45, 7) is -1.82. The summed E-state index contributed by atoms with van der Waals surface area (Å²) >= 11 is 0. The van der Waals surface area contributed by atoms with E-state index < -0.39 is 134 Å². The second-order valence-electron chi connectivity index (χ2n) is 13.4. The minimum atomic E-state index is -2.05. The largest absolute Gasteiger partial charge is 0.544 e. The molecule has 1 aromatic carbocycles. The summed E-state index contributed by atoms with van der Waals surface area (Å²) in [5, 5.41) is 116. The summed E-state index contributed by atoms with van der Waals surface area (Å²) in [6, 6.07) is -0.200. The van der Waals surface area contributed by atoms with Gasteiger partial charge in [-0.2, -0.15) is 0 Å². The van der Waals surface area contributed by atoms with Gasteiger partial charge in [0.25, 0.3) is 0 Å². The molecule has 4 heterocycles. The normalized spacial score (nSPS) is 34.8. The molecule has 12 N–H and O–H groups in total. The molecule has 0 spiro atoms. The molecule has 2 saturated heterocycles. The van der Waals surface area contributed by atoms with Gasteiger partial charge in [-0.05, 0) is 23.8 Å². The molecular weight excluding hydrogens is 760 g/mol. The molecule has 13 atom stereocenters. The van der Waals surface area contributed by atoms with E-state index in [0.717, 1.165) is 6.07 Å². The summed E-state index contributed by atoms with van der Waals surface area (Å²) in [5.74, 6) is -8.07. The van der Waals surface area contributed by atoms with E-state index in [1.807, 2.05) is 0 Å². The van der Waals surface area contributed by atoms with E-state index in [1.165, 1.54) is 18.2 Å². The van der Waals surface area contributed by atoms with Gasteiger partial charge in [-0.25, -0.2) is 9.59 Å². The zero-order valence-electron chi connectivity index (χ0n) is 28.9. The number of allylic oxidation sites excluding steroid dienone is 1. The summed E-state index contributed by atoms with van der Waals surface area (Å²) in [5.41, 5.74) is 0.390. The molecule has 4 aliphatic heterocycles. The predicted molar refractivity (Wildman–Crippen MR) is 172 cm³/mol. The Morgan fingerprint density at radius 2 is 1.59 bits per heavy atom. The van der Waals surface area contributed by atoms with Crippen molar-refractivity contribution in [3.05, 3.63) is 41.1 Å². The highest BCUT2D eigenvalue weighted by atomic mass is 16.8. The van der Waals surface area contributed by atoms with Crippen LogP contribution in [0.5, 0.6) is 11.5 Å². The Balaban J connectivity index is 1.43. The Morgan fingerprint density at radius 1 is 0.911 bits per heavy atom. The number of aromatic hydroxyl groups is 1. The third-order valence-corrected chi connectivity index (χ3v) is 9.60. The lowest BCUT2D eigenvalue weighted by molar-refractivity contribution is -0.840. The number of quaternary nitrogens is 1. The van der Waals surface area contributed by atoms with E-state index >= 15 is 0 Å². The average molecular weight is 801 g/mol. The monoisotopic (exact) mass is 800 g/mol. The Bertz CT molecular complexity index is 1750. The maximum atomic E-state index is 12.3. The fourth-order valence-electron chi connectivity index (χ4n) is 6.69. The molecule has 0 saturated carbocycles. The molecule has 1 aromatic rings. The van der Waals surface area contributed by atoms with Crippen LogP contribution in [-0.2, 0) is 49.3 Å². The number of phenolic OH excluding ortho intramolecular Hbond substituents is 1. The number of phenols is 1. The lowest BCUT2D eigenvalue weighted by atomic mass is 9.97. The quantitative estimate of drug-likeness (QED) is 0.0614. The second kappa shape index (κ2) is 17.5. The van der Waals surface area contributed by atoms with Crippen molar-refractivity contribution >= 4 is 35.5 Å². The number of aliphatic hydroxyl groups excluding tert-OH is 6. The third kappa shape index (κ3) is 9.18. The Kier molecular flexibility index (Phi) is 13.2. The van der Waals surface area contributed by atoms with Crippen molar-refractivity contribution in [3.8, 4) is 11.5 Å². The first kappa shape index (κ1) is 42.2. The van der Waals surface area contributed by atoms with Crippen LogP contribution in [0.4, 0.5) is 5.69 Å². The number of carboxylic acids is 4. The zero-order chi connectivity index (χ0) is 41.2. The van der Waals surface area contributed by atoms with Crippen molar-refractivity contribution in [2.75, 3.05) is 19.8 Å². The number of carbonyl (C=O) groups is 5. The first-order valence-electron chi connectivity index (χ1n) is 17.0. The number of ether oxygens (including phenoxy) is 5. The summed E-state index contributed by atoms with van der Waals surface area (Å²) in [4.78, 5) is 58.5. The van der Waals surface area contributed by atoms with Crippen molar-refractivity contribution in [1.82, 2.24) is 5.32 Å². The number of nitrogens with one attached hydrogen (secondary N) is 2. The summed E-state index contributed by atoms with van der Waals surface area (Å²) in [6.07, 6.45) is -17.3. The first-order valence-corrected chi connectivity index (χ1v) is 17.0. The van der Waals surface area contributed by atoms with Gasteiger partial charge in [0.15, 0.2) is 23.9 Å². The Labute approximate surface area is 314 Å². The maximum Gasteiger partial charge on any atom is 0.351 e. The van der Waals surface area contributed by atoms with Crippen molar-refractivity contribution in [3.63, 3.8) is 0 Å². The van der Waals surface area contributed by atoms with E-state index in [4.69, 9.17) is 28.8 Å². The van der Waals surface area contributed by atoms with Gasteiger partial charge in [-0.3, -0.25) is 14.5 Å². The molecule has 56 heavy (non-hydrogen) atoms. The van der Waals surface area contributed by atoms with E-state index in [0.29, 0.717) is 0 Å². The molecule has 0 bridgehead atoms. The molecule has 0 aliphatic carbocycles. The lowest BCUT2D eigenvalue weighted by Crippen LogP contribution is -3.11. The van der Waals surface area contributed by atoms with Crippen LogP contribution in [0.15, 0.2) is 35.6 Å². The smallest absolute Gasteiger partial charge is 0.351 e. The number of fused-ring (bicyclic) bond motifs is 1. The van der Waals surface area contributed by atoms with Crippen molar-refractivity contribution in [2.45, 2.75) is 92.8 Å². The highest BCUT2D eigenvalue weighted by Gasteiger charge is 2.52. The van der Waals surface area contributed by atoms with Crippen LogP contribution in [-0.4, -0.2) is 174 Å². The van der Waals surface area contributed by atoms with Crippen LogP contribution < -0.4 is 20.1 Å². The Hall–Kier alpha value is -4.95. The van der Waals surface area contributed by atoms with Crippen LogP contribution in [0, 0.1) is 0 Å². The minimum absolute atomic E-state index is 0.131. The topological polar surface area (TPSA) is 373 Å². The highest BCUT2D eigenvalue weighted by Crippen LogP contribution is 2.37. The molecule has 5 rings (SSSR count). The van der Waals surface area contributed by atoms with Gasteiger partial charge in [0.1, 0.15) is 91.7 Å². The predicted octanol–water partition coefficient (Wildman–Crippen LogP) is -7.05. The third-order valence-electron chi connectivity index (χ3n) is 9.60. The van der Waals surface area contributed by atoms with Gasteiger partial charge >= 0.3 is 23.9 Å². The first-order chi connectivity index (χ1) is 26.4. The molecule has 308 valence electrons. The highest BCUT2D eigenvalue weighted by molar-refractivity contribution is 5.90. The van der Waals surface area contributed by atoms with Gasteiger partial charge in [0.05, 0.1) is 6.61 Å². The van der Waals surface area contributed by atoms with Crippen molar-refractivity contribution in [1.29, 1.82) is 0 Å². The van der Waals surface area contributed by atoms with Crippen LogP contribution >= 0.6 is 0 Å². The van der Waals surface area contributed by atoms with Crippen LogP contribution in [0.25, 0.3) is 0 Å². The number of hydrogen-bond donors (Lipinski definition) is 12. The fourth-order valence-corrected chi connectivity index (χ4v) is 6.69. The van der Waals surface area contributed by atoms with E-state index in [1.54, 1.807) is 0 Å². The van der Waals surface area contributed by atoms with E-state index in [-0.39, 0.29) is 46.8 Å². The van der Waals surface area contributed by atoms with Crippen molar-refractivity contribution < 1.29 is 109 Å². The van der Waals surface area contributed by atoms with Crippen LogP contribution in [0.3, 0.4) is 0 Å². The molecule has 4 aliphatic rings. The summed E-state index contributed by atoms with van der Waals surface area (Å²) < 4.78 is 27.4. The maximum absolute atomic E-state index is 12.3. The Morgan fingerprint density at radius 3 is 2.21 bits per heavy atom. The molecule has 0 aromatic heterocycles. The molecular formula is C33H40N2O21. The molecule has 23 nitrogen and oxygen atoms in total. The number of esters is 1. The number of benzene rings is 1. The number of rotatable bonds is 14. The van der Waals surface area contributed by atoms with Gasteiger partial charge in [-0.15, -0.1) is 0 Å². The van der Waals surface area contributed by atoms with E-state index in [2.05, 4.69) is 5.32 Å². The average Bonchev–Trinajstić information content (AvgIpc) is 3.49. The van der Waals surface area contributed by atoms with Gasteiger partial charge in [0, 0.05) is 24.5 Å². The second-order valence-corrected chi connectivity index (χ2v) is 13.4. The van der Waals surface area contributed by atoms with Crippen LogP contribution in [0.1, 0.15) is 18.4 Å².